The highest BCUT2D eigenvalue weighted by Crippen LogP contribution is 2.28. The van der Waals surface area contributed by atoms with Crippen molar-refractivity contribution in [2.75, 3.05) is 77.8 Å². The van der Waals surface area contributed by atoms with Crippen molar-refractivity contribution in [1.82, 2.24) is 34.9 Å². The molecule has 0 bridgehead atoms. The molecule has 0 unspecified atom stereocenters. The van der Waals surface area contributed by atoms with Crippen molar-refractivity contribution < 1.29 is 47.3 Å². The summed E-state index contributed by atoms with van der Waals surface area (Å²) in [4.78, 5) is 77.6. The Bertz CT molecular complexity index is 2070. The van der Waals surface area contributed by atoms with Crippen LogP contribution in [0, 0.1) is 0 Å². The third kappa shape index (κ3) is 13.7. The van der Waals surface area contributed by atoms with Crippen LogP contribution in [0.25, 0.3) is 22.0 Å². The van der Waals surface area contributed by atoms with Gasteiger partial charge in [-0.15, -0.1) is 0 Å². The Balaban J connectivity index is 1.06. The molecule has 4 N–H and O–H groups in total. The van der Waals surface area contributed by atoms with Crippen molar-refractivity contribution in [2.45, 2.75) is 44.9 Å². The molecule has 0 aliphatic carbocycles. The zero-order valence-corrected chi connectivity index (χ0v) is 34.2. The highest BCUT2D eigenvalue weighted by atomic mass is 79.9. The third-order valence-electron chi connectivity index (χ3n) is 8.95. The molecule has 5 rings (SSSR count). The molecule has 20 heteroatoms. The van der Waals surface area contributed by atoms with Crippen LogP contribution in [0.1, 0.15) is 36.1 Å². The topological polar surface area (TPSA) is 232 Å². The summed E-state index contributed by atoms with van der Waals surface area (Å²) >= 11 is 3.25. The van der Waals surface area contributed by atoms with Crippen LogP contribution in [0.3, 0.4) is 0 Å². The number of aromatic nitrogens is 5. The second kappa shape index (κ2) is 22.9. The molecule has 3 amide bonds. The van der Waals surface area contributed by atoms with E-state index in [1.807, 2.05) is 0 Å². The number of nitrogens with one attached hydrogen (secondary N) is 2. The molecule has 316 valence electrons. The van der Waals surface area contributed by atoms with Crippen molar-refractivity contribution in [3.63, 3.8) is 0 Å². The summed E-state index contributed by atoms with van der Waals surface area (Å²) in [5.41, 5.74) is 7.31. The lowest BCUT2D eigenvalue weighted by Crippen LogP contribution is -2.44. The zero-order valence-electron chi connectivity index (χ0n) is 32.6. The predicted molar refractivity (Wildman–Crippen MR) is 215 cm³/mol. The predicted octanol–water partition coefficient (Wildman–Crippen LogP) is 2.07. The van der Waals surface area contributed by atoms with Crippen molar-refractivity contribution in [1.29, 1.82) is 0 Å². The number of ether oxygens (including phenoxy) is 4. The quantitative estimate of drug-likeness (QED) is 0.0520. The Morgan fingerprint density at radius 1 is 0.932 bits per heavy atom. The molecular weight excluding hydrogens is 837 g/mol. The number of nitrogens with zero attached hydrogens (tertiary/aromatic N) is 6. The van der Waals surface area contributed by atoms with Gasteiger partial charge in [-0.3, -0.25) is 28.7 Å². The highest BCUT2D eigenvalue weighted by molar-refractivity contribution is 9.10. The maximum atomic E-state index is 14.6. The summed E-state index contributed by atoms with van der Waals surface area (Å²) in [6.07, 6.45) is 2.17. The van der Waals surface area contributed by atoms with Crippen molar-refractivity contribution in [2.24, 2.45) is 5.73 Å². The Kier molecular flexibility index (Phi) is 17.4. The minimum Gasteiger partial charge on any atom is -0.378 e. The Hall–Kier alpha value is -5.12. The Morgan fingerprint density at radius 2 is 1.66 bits per heavy atom. The van der Waals surface area contributed by atoms with Crippen LogP contribution in [0.15, 0.2) is 53.4 Å². The number of fused-ring (bicyclic) bond motifs is 1. The number of benzene rings is 1. The van der Waals surface area contributed by atoms with Gasteiger partial charge in [0.25, 0.3) is 0 Å². The van der Waals surface area contributed by atoms with Crippen LogP contribution in [-0.4, -0.2) is 144 Å². The van der Waals surface area contributed by atoms with Gasteiger partial charge in [0.05, 0.1) is 51.7 Å². The van der Waals surface area contributed by atoms with E-state index < -0.39 is 24.0 Å². The van der Waals surface area contributed by atoms with E-state index >= 15 is 0 Å². The van der Waals surface area contributed by atoms with Gasteiger partial charge in [0.15, 0.2) is 11.6 Å². The fourth-order valence-corrected chi connectivity index (χ4v) is 6.44. The number of hydrogen-bond acceptors (Lipinski definition) is 14. The van der Waals surface area contributed by atoms with E-state index in [2.05, 4.69) is 46.6 Å². The zero-order chi connectivity index (χ0) is 42.1. The van der Waals surface area contributed by atoms with Gasteiger partial charge in [-0.2, -0.15) is 5.10 Å². The number of anilines is 1. The maximum Gasteiger partial charge on any atom is 0.248 e. The standard InChI is InChI=1S/C39H47BrFN9O9/c1-25(51)38-30-17-26(5-7-31(30)50(48-38)22-37(54)49-21-28(41)18-32(49)39(55)47-35-4-2-3-33(40)46-35)27-19-44-34(45-20-27)8-6-29(52)23-58-15-14-57-12-10-43-36(53)24-59-16-13-56-11-9-42/h2-5,7,17,19-20,28,32H,6,8-16,18,21-24,42H2,1H3,(H,43,53)(H,46,47,55)/t28-,32+/m1/s1. The molecule has 3 aromatic heterocycles. The number of ketones is 2. The third-order valence-corrected chi connectivity index (χ3v) is 9.39. The summed E-state index contributed by atoms with van der Waals surface area (Å²) in [7, 11) is 0. The molecule has 0 radical (unpaired) electrons. The van der Waals surface area contributed by atoms with Gasteiger partial charge >= 0.3 is 0 Å². The molecule has 1 aliphatic rings. The second-order valence-corrected chi connectivity index (χ2v) is 14.2. The van der Waals surface area contributed by atoms with Gasteiger partial charge in [0, 0.05) is 62.6 Å². The number of carbonyl (C=O) groups excluding carboxylic acids is 5. The summed E-state index contributed by atoms with van der Waals surface area (Å²) in [6, 6.07) is 9.18. The first-order valence-corrected chi connectivity index (χ1v) is 19.8. The van der Waals surface area contributed by atoms with E-state index in [0.29, 0.717) is 71.8 Å². The first-order valence-electron chi connectivity index (χ1n) is 19.0. The monoisotopic (exact) mass is 883 g/mol. The molecule has 0 spiro atoms. The van der Waals surface area contributed by atoms with Gasteiger partial charge in [-0.05, 0) is 45.8 Å². The minimum atomic E-state index is -1.39. The van der Waals surface area contributed by atoms with E-state index in [1.54, 1.807) is 48.8 Å². The number of amides is 3. The first-order chi connectivity index (χ1) is 28.5. The summed E-state index contributed by atoms with van der Waals surface area (Å²) in [5.74, 6) is -1.07. The Morgan fingerprint density at radius 3 is 2.39 bits per heavy atom. The van der Waals surface area contributed by atoms with Crippen LogP contribution in [0.4, 0.5) is 10.2 Å². The van der Waals surface area contributed by atoms with E-state index in [1.165, 1.54) is 16.5 Å². The lowest BCUT2D eigenvalue weighted by Gasteiger charge is -2.23. The molecule has 1 saturated heterocycles. The van der Waals surface area contributed by atoms with E-state index in [0.717, 1.165) is 0 Å². The van der Waals surface area contributed by atoms with Gasteiger partial charge in [0.1, 0.15) is 53.9 Å². The number of alkyl halides is 1. The van der Waals surface area contributed by atoms with Crippen LogP contribution >= 0.6 is 15.9 Å². The molecule has 4 heterocycles. The number of Topliss-reactive ketones (excluding diaryl/α,β-unsaturated/α-hetero) is 2. The van der Waals surface area contributed by atoms with E-state index in [4.69, 9.17) is 24.7 Å². The summed E-state index contributed by atoms with van der Waals surface area (Å²) in [5, 5.41) is 10.2. The molecule has 4 aromatic rings. The minimum absolute atomic E-state index is 0.0740. The molecular formula is C39H47BrFN9O9. The number of nitrogens with two attached hydrogens (primary N) is 1. The molecule has 1 aliphatic heterocycles. The highest BCUT2D eigenvalue weighted by Gasteiger charge is 2.40. The molecule has 1 fully saturated rings. The van der Waals surface area contributed by atoms with Crippen molar-refractivity contribution in [3.8, 4) is 11.1 Å². The second-order valence-electron chi connectivity index (χ2n) is 13.4. The average Bonchev–Trinajstić information content (AvgIpc) is 3.80. The summed E-state index contributed by atoms with van der Waals surface area (Å²) < 4.78 is 37.7. The maximum absolute atomic E-state index is 14.6. The van der Waals surface area contributed by atoms with Gasteiger partial charge in [-0.25, -0.2) is 19.3 Å². The number of likely N-dealkylation sites (tertiary alicyclic amines) is 1. The number of pyridine rings is 1. The largest absolute Gasteiger partial charge is 0.378 e. The van der Waals surface area contributed by atoms with Crippen molar-refractivity contribution in [3.05, 3.63) is 64.9 Å². The number of aryl methyl sites for hydroxylation is 1. The average molecular weight is 885 g/mol. The van der Waals surface area contributed by atoms with Crippen LogP contribution in [0.2, 0.25) is 0 Å². The number of halogens is 2. The molecule has 1 aromatic carbocycles. The SMILES string of the molecule is CC(=O)c1nn(CC(=O)N2C[C@H](F)C[C@H]2C(=O)Nc2cccc(Br)n2)c2ccc(-c3cnc(CCC(=O)COCCOCCNC(=O)COCCOCCN)nc3)cc12. The summed E-state index contributed by atoms with van der Waals surface area (Å²) in [6.45, 7) is 3.24. The Labute approximate surface area is 347 Å². The first kappa shape index (κ1) is 45.0. The van der Waals surface area contributed by atoms with Crippen LogP contribution in [0.5, 0.6) is 0 Å². The fraction of sp³-hybridized carbons (Fsp3) is 0.462. The number of hydrogen-bond donors (Lipinski definition) is 3. The lowest BCUT2D eigenvalue weighted by atomic mass is 10.0. The van der Waals surface area contributed by atoms with Gasteiger partial charge in [-0.1, -0.05) is 12.1 Å². The number of carbonyl (C=O) groups is 5. The molecule has 2 atom stereocenters. The smallest absolute Gasteiger partial charge is 0.248 e. The van der Waals surface area contributed by atoms with Gasteiger partial charge in [0.2, 0.25) is 17.7 Å². The van der Waals surface area contributed by atoms with Crippen LogP contribution in [-0.2, 0) is 51.1 Å². The van der Waals surface area contributed by atoms with E-state index in [9.17, 15) is 28.4 Å². The normalized spacial score (nSPS) is 15.1. The molecule has 0 saturated carbocycles. The van der Waals surface area contributed by atoms with E-state index in [-0.39, 0.29) is 88.0 Å². The lowest BCUT2D eigenvalue weighted by molar-refractivity contribution is -0.137. The number of rotatable bonds is 24. The van der Waals surface area contributed by atoms with Gasteiger partial charge < -0.3 is 40.2 Å². The molecule has 18 nitrogen and oxygen atoms in total. The van der Waals surface area contributed by atoms with Crippen LogP contribution < -0.4 is 16.4 Å². The fourth-order valence-electron chi connectivity index (χ4n) is 6.10. The van der Waals surface area contributed by atoms with Crippen molar-refractivity contribution >= 4 is 61.9 Å². The molecule has 59 heavy (non-hydrogen) atoms.